The highest BCUT2D eigenvalue weighted by Crippen LogP contribution is 2.36. The topological polar surface area (TPSA) is 103 Å². The molecule has 1 aromatic rings. The Hall–Kier alpha value is -2.20. The fourth-order valence-electron chi connectivity index (χ4n) is 2.54. The average molecular weight is 406 g/mol. The van der Waals surface area contributed by atoms with Crippen molar-refractivity contribution in [3.63, 3.8) is 0 Å². The largest absolute Gasteiger partial charge is 0.498 e. The van der Waals surface area contributed by atoms with E-state index in [0.29, 0.717) is 5.46 Å². The molecule has 1 atom stereocenters. The maximum absolute atomic E-state index is 12.6. The van der Waals surface area contributed by atoms with Gasteiger partial charge < -0.3 is 19.4 Å². The summed E-state index contributed by atoms with van der Waals surface area (Å²) < 4.78 is 17.1. The van der Waals surface area contributed by atoms with Gasteiger partial charge in [-0.3, -0.25) is 9.69 Å². The van der Waals surface area contributed by atoms with E-state index in [1.54, 1.807) is 47.1 Å². The number of carbonyl (C=O) groups is 2. The first-order chi connectivity index (χ1) is 13.1. The zero-order valence-corrected chi connectivity index (χ0v) is 18.7. The van der Waals surface area contributed by atoms with Crippen LogP contribution >= 0.6 is 0 Å². The van der Waals surface area contributed by atoms with E-state index in [0.717, 1.165) is 0 Å². The van der Waals surface area contributed by atoms with Gasteiger partial charge in [0.15, 0.2) is 0 Å². The summed E-state index contributed by atoms with van der Waals surface area (Å²) in [5, 5.41) is 2.51. The van der Waals surface area contributed by atoms with Gasteiger partial charge in [-0.05, 0) is 55.4 Å². The van der Waals surface area contributed by atoms with Gasteiger partial charge >= 0.3 is 13.2 Å². The second-order valence-electron chi connectivity index (χ2n) is 9.17. The van der Waals surface area contributed by atoms with Gasteiger partial charge in [0.2, 0.25) is 5.95 Å². The number of amides is 2. The molecule has 0 radical (unpaired) electrons. The van der Waals surface area contributed by atoms with Crippen molar-refractivity contribution >= 4 is 30.5 Å². The highest BCUT2D eigenvalue weighted by atomic mass is 16.7. The summed E-state index contributed by atoms with van der Waals surface area (Å²) in [6, 6.07) is -0.804. The highest BCUT2D eigenvalue weighted by molar-refractivity contribution is 6.61. The molecule has 2 amide bonds. The molecule has 2 rings (SSSR count). The summed E-state index contributed by atoms with van der Waals surface area (Å²) in [6.07, 6.45) is 2.48. The summed E-state index contributed by atoms with van der Waals surface area (Å²) >= 11 is 0. The highest BCUT2D eigenvalue weighted by Gasteiger charge is 2.52. The van der Waals surface area contributed by atoms with Gasteiger partial charge in [-0.15, -0.1) is 0 Å². The third kappa shape index (κ3) is 5.45. The first-order valence-electron chi connectivity index (χ1n) is 9.57. The average Bonchev–Trinajstić information content (AvgIpc) is 2.79. The lowest BCUT2D eigenvalue weighted by Crippen LogP contribution is -2.47. The van der Waals surface area contributed by atoms with Crippen LogP contribution in [0.1, 0.15) is 55.4 Å². The van der Waals surface area contributed by atoms with Gasteiger partial charge in [0.25, 0.3) is 5.91 Å². The standard InChI is InChI=1S/C19H31BN4O5/c1-12(23-16(26)27-17(2,3)4)14(25)24(9)15-21-10-13(11-22-15)20-28-18(5,6)19(7,8)29-20/h10-12H,1-9H3,(H,23,26)/t12-/m1/s1. The zero-order chi connectivity index (χ0) is 22.2. The normalized spacial score (nSPS) is 18.9. The van der Waals surface area contributed by atoms with Crippen LogP contribution < -0.4 is 15.7 Å². The van der Waals surface area contributed by atoms with E-state index >= 15 is 0 Å². The SMILES string of the molecule is C[C@@H](NC(=O)OC(C)(C)C)C(=O)N(C)c1ncc(B2OC(C)(C)C(C)(C)O2)cn1. The molecule has 10 heteroatoms. The number of anilines is 1. The Bertz CT molecular complexity index is 745. The molecule has 0 spiro atoms. The summed E-state index contributed by atoms with van der Waals surface area (Å²) in [5.74, 6) is -0.174. The summed E-state index contributed by atoms with van der Waals surface area (Å²) in [4.78, 5) is 34.2. The second-order valence-corrected chi connectivity index (χ2v) is 9.17. The number of rotatable bonds is 4. The van der Waals surface area contributed by atoms with Crippen LogP contribution in [0.25, 0.3) is 0 Å². The third-order valence-electron chi connectivity index (χ3n) is 4.92. The lowest BCUT2D eigenvalue weighted by Gasteiger charge is -2.32. The van der Waals surface area contributed by atoms with E-state index in [2.05, 4.69) is 15.3 Å². The number of aromatic nitrogens is 2. The van der Waals surface area contributed by atoms with Crippen molar-refractivity contribution in [2.45, 2.75) is 78.2 Å². The van der Waals surface area contributed by atoms with Crippen molar-refractivity contribution in [2.75, 3.05) is 11.9 Å². The van der Waals surface area contributed by atoms with E-state index in [1.807, 2.05) is 27.7 Å². The first-order valence-corrected chi connectivity index (χ1v) is 9.57. The molecule has 0 saturated carbocycles. The van der Waals surface area contributed by atoms with E-state index in [-0.39, 0.29) is 11.9 Å². The lowest BCUT2D eigenvalue weighted by atomic mass is 9.81. The van der Waals surface area contributed by atoms with E-state index < -0.39 is 36.1 Å². The van der Waals surface area contributed by atoms with Gasteiger partial charge in [0.1, 0.15) is 11.6 Å². The number of hydrogen-bond donors (Lipinski definition) is 1. The fraction of sp³-hybridized carbons (Fsp3) is 0.684. The molecular formula is C19H31BN4O5. The van der Waals surface area contributed by atoms with Crippen LogP contribution in [0.5, 0.6) is 0 Å². The summed E-state index contributed by atoms with van der Waals surface area (Å²) in [6.45, 7) is 14.7. The van der Waals surface area contributed by atoms with Crippen molar-refractivity contribution < 1.29 is 23.6 Å². The second kappa shape index (κ2) is 7.91. The monoisotopic (exact) mass is 406 g/mol. The maximum Gasteiger partial charge on any atom is 0.498 e. The Kier molecular flexibility index (Phi) is 6.30. The Morgan fingerprint density at radius 1 is 1.14 bits per heavy atom. The van der Waals surface area contributed by atoms with Gasteiger partial charge in [-0.1, -0.05) is 0 Å². The summed E-state index contributed by atoms with van der Waals surface area (Å²) in [7, 11) is 0.960. The van der Waals surface area contributed by atoms with Crippen molar-refractivity contribution in [1.82, 2.24) is 15.3 Å². The number of carbonyl (C=O) groups excluding carboxylic acids is 2. The van der Waals surface area contributed by atoms with Crippen LogP contribution in [0.3, 0.4) is 0 Å². The Morgan fingerprint density at radius 2 is 1.62 bits per heavy atom. The van der Waals surface area contributed by atoms with E-state index in [1.165, 1.54) is 4.90 Å². The third-order valence-corrected chi connectivity index (χ3v) is 4.92. The Labute approximate surface area is 172 Å². The van der Waals surface area contributed by atoms with Crippen LogP contribution in [0, 0.1) is 0 Å². The molecule has 1 saturated heterocycles. The molecule has 1 N–H and O–H groups in total. The van der Waals surface area contributed by atoms with Crippen molar-refractivity contribution in [1.29, 1.82) is 0 Å². The smallest absolute Gasteiger partial charge is 0.444 e. The molecule has 0 unspecified atom stereocenters. The quantitative estimate of drug-likeness (QED) is 0.759. The number of nitrogens with zero attached hydrogens (tertiary/aromatic N) is 3. The molecule has 0 aromatic carbocycles. The lowest BCUT2D eigenvalue weighted by molar-refractivity contribution is -0.120. The van der Waals surface area contributed by atoms with Crippen molar-refractivity contribution in [3.05, 3.63) is 12.4 Å². The van der Waals surface area contributed by atoms with Crippen molar-refractivity contribution in [3.8, 4) is 0 Å². The number of ether oxygens (including phenoxy) is 1. The predicted octanol–water partition coefficient (Wildman–Crippen LogP) is 1.65. The zero-order valence-electron chi connectivity index (χ0n) is 18.7. The minimum absolute atomic E-state index is 0.202. The van der Waals surface area contributed by atoms with Crippen LogP contribution in [-0.2, 0) is 18.8 Å². The minimum Gasteiger partial charge on any atom is -0.444 e. The van der Waals surface area contributed by atoms with Gasteiger partial charge in [0, 0.05) is 24.9 Å². The summed E-state index contributed by atoms with van der Waals surface area (Å²) in [5.41, 5.74) is -0.920. The molecule has 1 fully saturated rings. The predicted molar refractivity (Wildman–Crippen MR) is 110 cm³/mol. The molecule has 1 aromatic heterocycles. The molecule has 160 valence electrons. The number of nitrogens with one attached hydrogen (secondary N) is 1. The molecular weight excluding hydrogens is 375 g/mol. The van der Waals surface area contributed by atoms with Gasteiger partial charge in [0.05, 0.1) is 11.2 Å². The molecule has 1 aliphatic heterocycles. The Morgan fingerprint density at radius 3 is 2.07 bits per heavy atom. The number of alkyl carbamates (subject to hydrolysis) is 1. The van der Waals surface area contributed by atoms with E-state index in [4.69, 9.17) is 14.0 Å². The van der Waals surface area contributed by atoms with Crippen LogP contribution in [0.4, 0.5) is 10.7 Å². The van der Waals surface area contributed by atoms with Crippen LogP contribution in [0.15, 0.2) is 12.4 Å². The molecule has 0 bridgehead atoms. The molecule has 29 heavy (non-hydrogen) atoms. The van der Waals surface area contributed by atoms with Gasteiger partial charge in [-0.2, -0.15) is 0 Å². The molecule has 0 aliphatic carbocycles. The molecule has 2 heterocycles. The van der Waals surface area contributed by atoms with Crippen LogP contribution in [0.2, 0.25) is 0 Å². The molecule has 1 aliphatic rings. The Balaban J connectivity index is 2.02. The number of hydrogen-bond acceptors (Lipinski definition) is 7. The van der Waals surface area contributed by atoms with Crippen molar-refractivity contribution in [2.24, 2.45) is 0 Å². The molecule has 9 nitrogen and oxygen atoms in total. The van der Waals surface area contributed by atoms with Crippen LogP contribution in [-0.4, -0.2) is 59.0 Å². The number of likely N-dealkylation sites (N-methyl/N-ethyl adjacent to an activating group) is 1. The minimum atomic E-state index is -0.804. The van der Waals surface area contributed by atoms with E-state index in [9.17, 15) is 9.59 Å². The fourth-order valence-corrected chi connectivity index (χ4v) is 2.54. The maximum atomic E-state index is 12.6. The first kappa shape index (κ1) is 23.1. The van der Waals surface area contributed by atoms with Gasteiger partial charge in [-0.25, -0.2) is 14.8 Å².